The Labute approximate surface area is 61.7 Å². The van der Waals surface area contributed by atoms with Crippen molar-refractivity contribution in [2.24, 2.45) is 0 Å². The maximum atomic E-state index is 5.61. The molecule has 1 unspecified atom stereocenters. The van der Waals surface area contributed by atoms with Crippen molar-refractivity contribution in [2.45, 2.75) is 31.8 Å². The molecule has 0 radical (unpaired) electrons. The van der Waals surface area contributed by atoms with Crippen LogP contribution in [0.3, 0.4) is 0 Å². The van der Waals surface area contributed by atoms with Crippen molar-refractivity contribution in [3.8, 4) is 0 Å². The van der Waals surface area contributed by atoms with Gasteiger partial charge in [0, 0.05) is 0 Å². The van der Waals surface area contributed by atoms with Crippen molar-refractivity contribution < 1.29 is 4.74 Å². The van der Waals surface area contributed by atoms with Gasteiger partial charge >= 0.3 is 61.5 Å². The Morgan fingerprint density at radius 2 is 2.00 bits per heavy atom. The van der Waals surface area contributed by atoms with Crippen LogP contribution >= 0.6 is 0 Å². The Kier molecular flexibility index (Phi) is 2.43. The van der Waals surface area contributed by atoms with Gasteiger partial charge < -0.3 is 0 Å². The van der Waals surface area contributed by atoms with E-state index in [2.05, 4.69) is 14.8 Å². The van der Waals surface area contributed by atoms with E-state index in [0.29, 0.717) is 0 Å². The predicted molar refractivity (Wildman–Crippen MR) is 42.3 cm³/mol. The summed E-state index contributed by atoms with van der Waals surface area (Å²) in [6, 6.07) is 0. The molecule has 1 nitrogen and oxygen atoms in total. The van der Waals surface area contributed by atoms with Gasteiger partial charge in [-0.25, -0.2) is 0 Å². The Balaban J connectivity index is 2.42. The van der Waals surface area contributed by atoms with E-state index in [-0.39, 0.29) is 0 Å². The van der Waals surface area contributed by atoms with Crippen LogP contribution in [0.4, 0.5) is 0 Å². The molecule has 1 rings (SSSR count). The second-order valence-corrected chi connectivity index (χ2v) is 19.2. The summed E-state index contributed by atoms with van der Waals surface area (Å²) < 4.78 is 6.33. The van der Waals surface area contributed by atoms with Gasteiger partial charge in [-0.2, -0.15) is 0 Å². The average molecular weight is 235 g/mol. The molecule has 0 aliphatic carbocycles. The van der Waals surface area contributed by atoms with Gasteiger partial charge in [0.1, 0.15) is 0 Å². The third-order valence-electron chi connectivity index (χ3n) is 1.90. The van der Waals surface area contributed by atoms with E-state index in [1.807, 2.05) is 0 Å². The summed E-state index contributed by atoms with van der Waals surface area (Å²) >= 11 is -1.61. The van der Waals surface area contributed by atoms with Gasteiger partial charge in [0.2, 0.25) is 0 Å². The number of rotatable bonds is 1. The van der Waals surface area contributed by atoms with Crippen LogP contribution < -0.4 is 0 Å². The van der Waals surface area contributed by atoms with E-state index in [4.69, 9.17) is 4.74 Å². The molecule has 0 aromatic carbocycles. The summed E-state index contributed by atoms with van der Waals surface area (Å²) in [4.78, 5) is 7.35. The fourth-order valence-corrected chi connectivity index (χ4v) is 6.08. The fourth-order valence-electron chi connectivity index (χ4n) is 1.26. The predicted octanol–water partition coefficient (Wildman–Crippen LogP) is 2.04. The minimum atomic E-state index is -1.61. The van der Waals surface area contributed by atoms with Gasteiger partial charge in [-0.1, -0.05) is 0 Å². The number of hydrogen-bond donors (Lipinski definition) is 0. The van der Waals surface area contributed by atoms with Gasteiger partial charge in [-0.05, 0) is 0 Å². The van der Waals surface area contributed by atoms with Crippen LogP contribution in [0.25, 0.3) is 0 Å². The van der Waals surface area contributed by atoms with Crippen LogP contribution in [0.1, 0.15) is 12.8 Å². The van der Waals surface area contributed by atoms with Crippen LogP contribution in [-0.2, 0) is 4.74 Å². The Bertz CT molecular complexity index is 89.6. The van der Waals surface area contributed by atoms with Gasteiger partial charge in [-0.3, -0.25) is 0 Å². The summed E-state index contributed by atoms with van der Waals surface area (Å²) in [7, 11) is 0. The summed E-state index contributed by atoms with van der Waals surface area (Å²) in [5.74, 6) is 0. The van der Waals surface area contributed by atoms with E-state index in [0.717, 1.165) is 10.7 Å². The molecule has 1 aliphatic rings. The van der Waals surface area contributed by atoms with Gasteiger partial charge in [0.25, 0.3) is 0 Å². The van der Waals surface area contributed by atoms with Gasteiger partial charge in [0.05, 0.1) is 0 Å². The van der Waals surface area contributed by atoms with Crippen LogP contribution in [0.2, 0.25) is 14.8 Å². The fraction of sp³-hybridized carbons (Fsp3) is 1.00. The molecule has 9 heavy (non-hydrogen) atoms. The summed E-state index contributed by atoms with van der Waals surface area (Å²) in [5, 5.41) is 0. The van der Waals surface area contributed by atoms with Crippen LogP contribution in [0.5, 0.6) is 0 Å². The standard InChI is InChI=1S/C4H7O.3CH3.Sn/c1-2-4-5-3-1;;;;/h3H,1-2,4H2;3*1H3;. The molecule has 0 aromatic heterocycles. The first-order valence-electron chi connectivity index (χ1n) is 3.72. The van der Waals surface area contributed by atoms with Gasteiger partial charge in [0.15, 0.2) is 0 Å². The summed E-state index contributed by atoms with van der Waals surface area (Å²) in [6.45, 7) is 1.03. The van der Waals surface area contributed by atoms with Crippen LogP contribution in [0, 0.1) is 0 Å². The first kappa shape index (κ1) is 7.86. The number of hydrogen-bond acceptors (Lipinski definition) is 1. The Morgan fingerprint density at radius 1 is 1.33 bits per heavy atom. The van der Waals surface area contributed by atoms with E-state index < -0.39 is 18.4 Å². The SMILES string of the molecule is [CH3][Sn]([CH3])([CH3])[CH]1CCCO1. The average Bonchev–Trinajstić information content (AvgIpc) is 2.08. The molecule has 0 amide bonds. The molecule has 1 saturated heterocycles. The molecule has 0 spiro atoms. The Hall–Kier alpha value is 0.759. The molecule has 0 aromatic rings. The zero-order chi connectivity index (χ0) is 6.91. The second-order valence-electron chi connectivity index (χ2n) is 3.87. The normalized spacial score (nSPS) is 29.0. The third kappa shape index (κ3) is 2.11. The molecule has 1 aliphatic heterocycles. The molecule has 54 valence electrons. The molecule has 1 heterocycles. The van der Waals surface area contributed by atoms with Crippen molar-refractivity contribution in [1.82, 2.24) is 0 Å². The quantitative estimate of drug-likeness (QED) is 0.632. The molecular weight excluding hydrogens is 219 g/mol. The number of ether oxygens (including phenoxy) is 1. The van der Waals surface area contributed by atoms with Crippen LogP contribution in [0.15, 0.2) is 0 Å². The van der Waals surface area contributed by atoms with E-state index in [1.165, 1.54) is 12.8 Å². The first-order valence-corrected chi connectivity index (χ1v) is 13.9. The summed E-state index contributed by atoms with van der Waals surface area (Å²) in [5.41, 5.74) is 0. The molecule has 0 N–H and O–H groups in total. The first-order chi connectivity index (χ1) is 4.11. The van der Waals surface area contributed by atoms with Crippen molar-refractivity contribution in [3.63, 3.8) is 0 Å². The van der Waals surface area contributed by atoms with E-state index in [1.54, 1.807) is 0 Å². The zero-order valence-electron chi connectivity index (χ0n) is 6.61. The van der Waals surface area contributed by atoms with Crippen molar-refractivity contribution in [1.29, 1.82) is 0 Å². The molecule has 0 saturated carbocycles. The van der Waals surface area contributed by atoms with E-state index >= 15 is 0 Å². The third-order valence-corrected chi connectivity index (χ3v) is 8.71. The second kappa shape index (κ2) is 2.79. The van der Waals surface area contributed by atoms with Gasteiger partial charge in [-0.15, -0.1) is 0 Å². The topological polar surface area (TPSA) is 9.23 Å². The molecular formula is C7H16OSn. The molecule has 1 atom stereocenters. The monoisotopic (exact) mass is 236 g/mol. The zero-order valence-corrected chi connectivity index (χ0v) is 9.46. The molecule has 1 fully saturated rings. The maximum absolute atomic E-state index is 5.61. The molecule has 0 bridgehead atoms. The van der Waals surface area contributed by atoms with Crippen molar-refractivity contribution >= 4 is 18.4 Å². The molecule has 2 heteroatoms. The minimum absolute atomic E-state index is 0.722. The summed E-state index contributed by atoms with van der Waals surface area (Å²) in [6.07, 6.45) is 2.65. The van der Waals surface area contributed by atoms with Crippen molar-refractivity contribution in [2.75, 3.05) is 6.61 Å². The van der Waals surface area contributed by atoms with Crippen LogP contribution in [-0.4, -0.2) is 29.1 Å². The van der Waals surface area contributed by atoms with Crippen molar-refractivity contribution in [3.05, 3.63) is 0 Å². The van der Waals surface area contributed by atoms with E-state index in [9.17, 15) is 0 Å². The Morgan fingerprint density at radius 3 is 2.22 bits per heavy atom.